The number of carbonyl (C=O) groups excluding carboxylic acids is 1. The van der Waals surface area contributed by atoms with Crippen LogP contribution in [0.25, 0.3) is 0 Å². The Morgan fingerprint density at radius 3 is 1.38 bits per heavy atom. The molecule has 4 rings (SSSR count). The van der Waals surface area contributed by atoms with Gasteiger partial charge < -0.3 is 9.90 Å². The molecule has 0 aromatic rings. The van der Waals surface area contributed by atoms with Gasteiger partial charge in [0, 0.05) is 24.4 Å². The quantitative estimate of drug-likeness (QED) is 0.617. The van der Waals surface area contributed by atoms with E-state index in [1.807, 2.05) is 0 Å². The van der Waals surface area contributed by atoms with Crippen LogP contribution in [0.15, 0.2) is 0 Å². The van der Waals surface area contributed by atoms with E-state index in [-0.39, 0.29) is 13.0 Å². The van der Waals surface area contributed by atoms with Crippen LogP contribution in [-0.4, -0.2) is 18.9 Å². The molecule has 0 spiro atoms. The molecule has 90 valence electrons. The number of carboxylic acids is 1. The second-order valence-electron chi connectivity index (χ2n) is 6.08. The SMILES string of the molecule is O=C([O-])C12CC3(Br)CC(Br)(CC(Br)(C3)C1)C2. The Labute approximate surface area is 120 Å². The molecule has 0 amide bonds. The number of aliphatic carboxylic acids is 1. The van der Waals surface area contributed by atoms with E-state index in [0.29, 0.717) is 19.3 Å². The fourth-order valence-corrected chi connectivity index (χ4v) is 10.4. The number of halogens is 3. The molecule has 0 aromatic carbocycles. The third-order valence-corrected chi connectivity index (χ3v) is 6.82. The number of carboxylic acid groups (broad SMARTS) is 1. The third-order valence-electron chi connectivity index (χ3n) is 4.30. The summed E-state index contributed by atoms with van der Waals surface area (Å²) in [7, 11) is 0. The zero-order valence-electron chi connectivity index (χ0n) is 8.69. The first-order chi connectivity index (χ1) is 7.19. The number of carbonyl (C=O) groups is 1. The molecule has 5 heteroatoms. The molecule has 4 saturated carbocycles. The van der Waals surface area contributed by atoms with Gasteiger partial charge >= 0.3 is 0 Å². The molecular weight excluding hydrogens is 404 g/mol. The van der Waals surface area contributed by atoms with Gasteiger partial charge in [-0.05, 0) is 38.5 Å². The summed E-state index contributed by atoms with van der Waals surface area (Å²) in [5.41, 5.74) is -0.648. The van der Waals surface area contributed by atoms with Crippen LogP contribution in [0.2, 0.25) is 0 Å². The van der Waals surface area contributed by atoms with Gasteiger partial charge in [-0.25, -0.2) is 0 Å². The lowest BCUT2D eigenvalue weighted by Gasteiger charge is -2.66. The van der Waals surface area contributed by atoms with E-state index in [4.69, 9.17) is 0 Å². The number of alkyl halides is 3. The highest BCUT2D eigenvalue weighted by Crippen LogP contribution is 2.71. The first kappa shape index (κ1) is 12.0. The summed E-state index contributed by atoms with van der Waals surface area (Å²) in [6, 6.07) is 0. The molecule has 0 N–H and O–H groups in total. The molecule has 4 fully saturated rings. The summed E-state index contributed by atoms with van der Waals surface area (Å²) in [5.74, 6) is -0.872. The fraction of sp³-hybridized carbons (Fsp3) is 0.909. The molecule has 0 radical (unpaired) electrons. The van der Waals surface area contributed by atoms with E-state index in [1.165, 1.54) is 0 Å². The second kappa shape index (κ2) is 3.08. The molecule has 4 aliphatic rings. The minimum absolute atomic E-state index is 0.0329. The van der Waals surface area contributed by atoms with Crippen LogP contribution in [0.3, 0.4) is 0 Å². The number of hydrogen-bond donors (Lipinski definition) is 0. The first-order valence-corrected chi connectivity index (χ1v) is 7.85. The highest BCUT2D eigenvalue weighted by Gasteiger charge is 2.67. The van der Waals surface area contributed by atoms with Crippen molar-refractivity contribution in [2.75, 3.05) is 0 Å². The van der Waals surface area contributed by atoms with Crippen LogP contribution in [0, 0.1) is 5.41 Å². The van der Waals surface area contributed by atoms with Crippen LogP contribution in [0.4, 0.5) is 0 Å². The molecule has 4 aliphatic carbocycles. The second-order valence-corrected chi connectivity index (χ2v) is 11.1. The van der Waals surface area contributed by atoms with Gasteiger partial charge in [0.25, 0.3) is 0 Å². The average Bonchev–Trinajstić information content (AvgIpc) is 1.92. The zero-order valence-corrected chi connectivity index (χ0v) is 13.5. The van der Waals surface area contributed by atoms with Crippen molar-refractivity contribution in [1.82, 2.24) is 0 Å². The van der Waals surface area contributed by atoms with Gasteiger partial charge in [-0.3, -0.25) is 0 Å². The van der Waals surface area contributed by atoms with Crippen molar-refractivity contribution in [2.24, 2.45) is 5.41 Å². The summed E-state index contributed by atoms with van der Waals surface area (Å²) >= 11 is 11.3. The predicted molar refractivity (Wildman–Crippen MR) is 70.1 cm³/mol. The average molecular weight is 416 g/mol. The fourth-order valence-electron chi connectivity index (χ4n) is 4.49. The van der Waals surface area contributed by atoms with Crippen molar-refractivity contribution < 1.29 is 9.90 Å². The largest absolute Gasteiger partial charge is 0.550 e. The molecule has 2 nitrogen and oxygen atoms in total. The molecular formula is C11H12Br3O2-. The van der Waals surface area contributed by atoms with Gasteiger partial charge in [-0.2, -0.15) is 0 Å². The van der Waals surface area contributed by atoms with Crippen molar-refractivity contribution in [3.63, 3.8) is 0 Å². The maximum absolute atomic E-state index is 11.5. The minimum atomic E-state index is -0.872. The van der Waals surface area contributed by atoms with Gasteiger partial charge in [0.2, 0.25) is 0 Å². The lowest BCUT2D eigenvalue weighted by atomic mass is 9.49. The lowest BCUT2D eigenvalue weighted by Crippen LogP contribution is -2.67. The predicted octanol–water partition coefficient (Wildman–Crippen LogP) is 2.51. The van der Waals surface area contributed by atoms with Crippen molar-refractivity contribution in [3.05, 3.63) is 0 Å². The number of hydrogen-bond acceptors (Lipinski definition) is 2. The molecule has 0 atom stereocenters. The third kappa shape index (κ3) is 1.57. The standard InChI is InChI=1S/C11H13Br3O2/c12-9-1-8(7(15)16)2-10(13,4-9)6-11(14,3-8)5-9/h1-6H2,(H,15,16)/p-1. The minimum Gasteiger partial charge on any atom is -0.550 e. The van der Waals surface area contributed by atoms with Crippen LogP contribution < -0.4 is 5.11 Å². The molecule has 0 unspecified atom stereocenters. The van der Waals surface area contributed by atoms with E-state index in [9.17, 15) is 9.90 Å². The highest BCUT2D eigenvalue weighted by molar-refractivity contribution is 9.11. The van der Waals surface area contributed by atoms with Gasteiger partial charge in [0.15, 0.2) is 0 Å². The normalized spacial score (nSPS) is 58.9. The van der Waals surface area contributed by atoms with Crippen LogP contribution >= 0.6 is 47.8 Å². The van der Waals surface area contributed by atoms with E-state index in [0.717, 1.165) is 19.3 Å². The van der Waals surface area contributed by atoms with E-state index in [2.05, 4.69) is 47.8 Å². The Balaban J connectivity index is 2.11. The van der Waals surface area contributed by atoms with Crippen LogP contribution in [-0.2, 0) is 4.79 Å². The maximum atomic E-state index is 11.5. The van der Waals surface area contributed by atoms with E-state index in [1.54, 1.807) is 0 Å². The summed E-state index contributed by atoms with van der Waals surface area (Å²) in [6.45, 7) is 0. The summed E-state index contributed by atoms with van der Waals surface area (Å²) in [4.78, 5) is 11.5. The first-order valence-electron chi connectivity index (χ1n) is 5.47. The van der Waals surface area contributed by atoms with Gasteiger partial charge in [-0.15, -0.1) is 0 Å². The van der Waals surface area contributed by atoms with Crippen LogP contribution in [0.1, 0.15) is 38.5 Å². The summed E-state index contributed by atoms with van der Waals surface area (Å²) in [5, 5.41) is 11.5. The van der Waals surface area contributed by atoms with Crippen LogP contribution in [0.5, 0.6) is 0 Å². The Morgan fingerprint density at radius 1 is 0.812 bits per heavy atom. The summed E-state index contributed by atoms with van der Waals surface area (Å²) < 4.78 is -0.0988. The summed E-state index contributed by atoms with van der Waals surface area (Å²) in [6.07, 6.45) is 5.18. The molecule has 0 saturated heterocycles. The van der Waals surface area contributed by atoms with Crippen molar-refractivity contribution >= 4 is 53.8 Å². The van der Waals surface area contributed by atoms with Crippen molar-refractivity contribution in [3.8, 4) is 0 Å². The smallest absolute Gasteiger partial charge is 0.0477 e. The van der Waals surface area contributed by atoms with Gasteiger partial charge in [0.1, 0.15) is 0 Å². The van der Waals surface area contributed by atoms with Crippen molar-refractivity contribution in [1.29, 1.82) is 0 Å². The Kier molecular flexibility index (Phi) is 2.30. The topological polar surface area (TPSA) is 40.1 Å². The monoisotopic (exact) mass is 413 g/mol. The Bertz CT molecular complexity index is 328. The van der Waals surface area contributed by atoms with Crippen molar-refractivity contribution in [2.45, 2.75) is 51.5 Å². The number of rotatable bonds is 1. The molecule has 4 bridgehead atoms. The van der Waals surface area contributed by atoms with E-state index < -0.39 is 11.4 Å². The Morgan fingerprint density at radius 2 is 1.12 bits per heavy atom. The highest BCUT2D eigenvalue weighted by atomic mass is 79.9. The zero-order chi connectivity index (χ0) is 11.8. The maximum Gasteiger partial charge on any atom is 0.0477 e. The molecule has 0 aromatic heterocycles. The Hall–Kier alpha value is 0.910. The lowest BCUT2D eigenvalue weighted by molar-refractivity contribution is -0.325. The van der Waals surface area contributed by atoms with E-state index >= 15 is 0 Å². The van der Waals surface area contributed by atoms with Gasteiger partial charge in [-0.1, -0.05) is 47.8 Å². The van der Waals surface area contributed by atoms with Gasteiger partial charge in [0.05, 0.1) is 0 Å². The molecule has 16 heavy (non-hydrogen) atoms. The molecule has 0 aliphatic heterocycles. The molecule has 0 heterocycles.